The lowest BCUT2D eigenvalue weighted by molar-refractivity contribution is -0.129. The number of rotatable bonds is 6. The van der Waals surface area contributed by atoms with Crippen LogP contribution in [0.25, 0.3) is 0 Å². The quantitative estimate of drug-likeness (QED) is 0.853. The molecule has 3 heteroatoms. The van der Waals surface area contributed by atoms with Crippen LogP contribution in [-0.2, 0) is 4.79 Å². The summed E-state index contributed by atoms with van der Waals surface area (Å²) in [5.74, 6) is 1.16. The topological polar surface area (TPSA) is 38.3 Å². The Morgan fingerprint density at radius 3 is 2.43 bits per heavy atom. The van der Waals surface area contributed by atoms with Gasteiger partial charge in [0.15, 0.2) is 6.10 Å². The molecular weight excluding hydrogens is 262 g/mol. The summed E-state index contributed by atoms with van der Waals surface area (Å²) in [6.45, 7) is 14.2. The molecule has 3 nitrogen and oxygen atoms in total. The van der Waals surface area contributed by atoms with Gasteiger partial charge in [0.25, 0.3) is 5.91 Å². The Labute approximate surface area is 129 Å². The summed E-state index contributed by atoms with van der Waals surface area (Å²) in [6, 6.07) is 6.19. The zero-order valence-corrected chi connectivity index (χ0v) is 14.4. The van der Waals surface area contributed by atoms with Crippen LogP contribution in [0, 0.1) is 6.92 Å². The number of hydrogen-bond acceptors (Lipinski definition) is 2. The van der Waals surface area contributed by atoms with Crippen molar-refractivity contribution in [3.63, 3.8) is 0 Å². The summed E-state index contributed by atoms with van der Waals surface area (Å²) in [7, 11) is 0. The van der Waals surface area contributed by atoms with E-state index in [1.54, 1.807) is 6.92 Å². The molecule has 0 aliphatic heterocycles. The van der Waals surface area contributed by atoms with Gasteiger partial charge >= 0.3 is 0 Å². The highest BCUT2D eigenvalue weighted by Crippen LogP contribution is 2.25. The molecule has 1 N–H and O–H groups in total. The van der Waals surface area contributed by atoms with E-state index < -0.39 is 6.10 Å². The molecule has 0 spiro atoms. The van der Waals surface area contributed by atoms with Crippen LogP contribution in [0.5, 0.6) is 5.75 Å². The molecule has 1 unspecified atom stereocenters. The molecule has 0 aliphatic carbocycles. The third kappa shape index (κ3) is 5.07. The minimum Gasteiger partial charge on any atom is -0.481 e. The molecule has 0 heterocycles. The van der Waals surface area contributed by atoms with Gasteiger partial charge in [0.2, 0.25) is 0 Å². The van der Waals surface area contributed by atoms with E-state index in [9.17, 15) is 4.79 Å². The normalized spacial score (nSPS) is 13.1. The van der Waals surface area contributed by atoms with E-state index in [0.29, 0.717) is 5.92 Å². The first-order valence-electron chi connectivity index (χ1n) is 7.75. The molecule has 0 aromatic heterocycles. The number of benzene rings is 1. The number of aryl methyl sites for hydroxylation is 1. The summed E-state index contributed by atoms with van der Waals surface area (Å²) in [5.41, 5.74) is 2.06. The largest absolute Gasteiger partial charge is 0.481 e. The van der Waals surface area contributed by atoms with Crippen LogP contribution in [0.15, 0.2) is 18.2 Å². The molecular formula is C18H29NO2. The Hall–Kier alpha value is -1.51. The summed E-state index contributed by atoms with van der Waals surface area (Å²) in [5, 5.41) is 3.02. The van der Waals surface area contributed by atoms with Gasteiger partial charge < -0.3 is 10.1 Å². The van der Waals surface area contributed by atoms with E-state index in [4.69, 9.17) is 4.74 Å². The zero-order chi connectivity index (χ0) is 16.2. The fourth-order valence-electron chi connectivity index (χ4n) is 1.87. The van der Waals surface area contributed by atoms with Crippen LogP contribution < -0.4 is 10.1 Å². The molecule has 0 saturated heterocycles. The molecule has 0 saturated carbocycles. The van der Waals surface area contributed by atoms with Gasteiger partial charge in [-0.15, -0.1) is 0 Å². The van der Waals surface area contributed by atoms with Crippen molar-refractivity contribution < 1.29 is 9.53 Å². The second-order valence-electron chi connectivity index (χ2n) is 6.67. The Morgan fingerprint density at radius 2 is 1.90 bits per heavy atom. The van der Waals surface area contributed by atoms with E-state index >= 15 is 0 Å². The first-order chi connectivity index (χ1) is 9.66. The smallest absolute Gasteiger partial charge is 0.261 e. The number of nitrogens with one attached hydrogen (secondary N) is 1. The van der Waals surface area contributed by atoms with Gasteiger partial charge in [0.1, 0.15) is 5.75 Å². The highest BCUT2D eigenvalue weighted by Gasteiger charge is 2.23. The molecule has 118 valence electrons. The van der Waals surface area contributed by atoms with Crippen molar-refractivity contribution in [3.05, 3.63) is 29.3 Å². The molecule has 1 atom stereocenters. The lowest BCUT2D eigenvalue weighted by atomic mass is 10.0. The monoisotopic (exact) mass is 291 g/mol. The van der Waals surface area contributed by atoms with Gasteiger partial charge in [0.05, 0.1) is 0 Å². The maximum absolute atomic E-state index is 12.2. The first-order valence-corrected chi connectivity index (χ1v) is 7.75. The fourth-order valence-corrected chi connectivity index (χ4v) is 1.87. The second-order valence-corrected chi connectivity index (χ2v) is 6.67. The van der Waals surface area contributed by atoms with E-state index in [0.717, 1.165) is 17.7 Å². The third-order valence-corrected chi connectivity index (χ3v) is 3.90. The number of amides is 1. The van der Waals surface area contributed by atoms with Crippen molar-refractivity contribution in [2.45, 2.75) is 72.4 Å². The summed E-state index contributed by atoms with van der Waals surface area (Å²) >= 11 is 0. The van der Waals surface area contributed by atoms with Gasteiger partial charge in [-0.1, -0.05) is 32.9 Å². The van der Waals surface area contributed by atoms with Crippen molar-refractivity contribution >= 4 is 5.91 Å². The van der Waals surface area contributed by atoms with Crippen LogP contribution in [-0.4, -0.2) is 17.6 Å². The molecule has 1 amide bonds. The van der Waals surface area contributed by atoms with Crippen molar-refractivity contribution in [2.75, 3.05) is 0 Å². The van der Waals surface area contributed by atoms with Crippen LogP contribution >= 0.6 is 0 Å². The van der Waals surface area contributed by atoms with Gasteiger partial charge in [-0.05, 0) is 57.2 Å². The Morgan fingerprint density at radius 1 is 1.29 bits per heavy atom. The van der Waals surface area contributed by atoms with E-state index in [-0.39, 0.29) is 11.4 Å². The van der Waals surface area contributed by atoms with E-state index in [1.807, 2.05) is 32.9 Å². The van der Waals surface area contributed by atoms with Gasteiger partial charge in [-0.3, -0.25) is 4.79 Å². The molecule has 21 heavy (non-hydrogen) atoms. The number of hydrogen-bond donors (Lipinski definition) is 1. The summed E-state index contributed by atoms with van der Waals surface area (Å²) in [6.07, 6.45) is 0.379. The molecule has 1 rings (SSSR count). The maximum atomic E-state index is 12.2. The van der Waals surface area contributed by atoms with E-state index in [2.05, 4.69) is 32.2 Å². The minimum absolute atomic E-state index is 0.0730. The van der Waals surface area contributed by atoms with Crippen molar-refractivity contribution in [1.29, 1.82) is 0 Å². The highest BCUT2D eigenvalue weighted by molar-refractivity contribution is 5.81. The molecule has 1 aromatic rings. The standard InChI is InChI=1S/C18H29NO2/c1-8-18(6,7)19-17(20)14(5)21-16-11-15(12(2)3)10-9-13(16)4/h9-12,14H,8H2,1-7H3,(H,19,20). The predicted octanol–water partition coefficient (Wildman–Crippen LogP) is 4.19. The average Bonchev–Trinajstić information content (AvgIpc) is 2.40. The minimum atomic E-state index is -0.503. The van der Waals surface area contributed by atoms with Crippen LogP contribution in [0.1, 0.15) is 65.0 Å². The van der Waals surface area contributed by atoms with Crippen LogP contribution in [0.4, 0.5) is 0 Å². The molecule has 0 bridgehead atoms. The van der Waals surface area contributed by atoms with Crippen molar-refractivity contribution in [2.24, 2.45) is 0 Å². The lowest BCUT2D eigenvalue weighted by Crippen LogP contribution is -2.48. The maximum Gasteiger partial charge on any atom is 0.261 e. The SMILES string of the molecule is CCC(C)(C)NC(=O)C(C)Oc1cc(C(C)C)ccc1C. The fraction of sp³-hybridized carbons (Fsp3) is 0.611. The van der Waals surface area contributed by atoms with Gasteiger partial charge in [-0.25, -0.2) is 0 Å². The van der Waals surface area contributed by atoms with E-state index in [1.165, 1.54) is 5.56 Å². The van der Waals surface area contributed by atoms with Crippen LogP contribution in [0.3, 0.4) is 0 Å². The lowest BCUT2D eigenvalue weighted by Gasteiger charge is -2.27. The molecule has 0 fully saturated rings. The Bertz CT molecular complexity index is 492. The van der Waals surface area contributed by atoms with Gasteiger partial charge in [-0.2, -0.15) is 0 Å². The number of carbonyl (C=O) groups is 1. The first kappa shape index (κ1) is 17.5. The second kappa shape index (κ2) is 6.97. The van der Waals surface area contributed by atoms with Crippen molar-refractivity contribution in [3.8, 4) is 5.75 Å². The molecule has 0 aliphatic rings. The number of ether oxygens (including phenoxy) is 1. The highest BCUT2D eigenvalue weighted by atomic mass is 16.5. The Balaban J connectivity index is 2.81. The number of carbonyl (C=O) groups excluding carboxylic acids is 1. The summed E-state index contributed by atoms with van der Waals surface area (Å²) in [4.78, 5) is 12.2. The predicted molar refractivity (Wildman–Crippen MR) is 87.9 cm³/mol. The summed E-state index contributed by atoms with van der Waals surface area (Å²) < 4.78 is 5.88. The Kier molecular flexibility index (Phi) is 5.82. The van der Waals surface area contributed by atoms with Gasteiger partial charge in [0, 0.05) is 5.54 Å². The third-order valence-electron chi connectivity index (χ3n) is 3.90. The zero-order valence-electron chi connectivity index (χ0n) is 14.4. The molecule has 0 radical (unpaired) electrons. The average molecular weight is 291 g/mol. The molecule has 1 aromatic carbocycles. The van der Waals surface area contributed by atoms with Crippen molar-refractivity contribution in [1.82, 2.24) is 5.32 Å². The van der Waals surface area contributed by atoms with Crippen LogP contribution in [0.2, 0.25) is 0 Å².